The lowest BCUT2D eigenvalue weighted by Gasteiger charge is -2.05. The van der Waals surface area contributed by atoms with Gasteiger partial charge >= 0.3 is 0 Å². The van der Waals surface area contributed by atoms with Gasteiger partial charge in [-0.2, -0.15) is 0 Å². The first-order valence-electron chi connectivity index (χ1n) is 7.05. The summed E-state index contributed by atoms with van der Waals surface area (Å²) in [6.45, 7) is 0. The molecular formula is C17H15N3O4. The number of hydrogen-bond donors (Lipinski definition) is 2. The molecule has 0 aromatic heterocycles. The molecule has 7 nitrogen and oxygen atoms in total. The molecule has 2 amide bonds. The smallest absolute Gasteiger partial charge is 0.269 e. The van der Waals surface area contributed by atoms with E-state index in [0.29, 0.717) is 16.8 Å². The summed E-state index contributed by atoms with van der Waals surface area (Å²) < 4.78 is 0. The highest BCUT2D eigenvalue weighted by Gasteiger charge is 2.05. The SMILES string of the molecule is CNC(=O)c1cccc(NC(=O)/C=C/c2ccc([N+](=O)[O-])cc2)c1. The molecule has 0 saturated carbocycles. The minimum atomic E-state index is -0.486. The third-order valence-corrected chi connectivity index (χ3v) is 3.15. The van der Waals surface area contributed by atoms with Crippen LogP contribution < -0.4 is 10.6 Å². The number of nitrogens with one attached hydrogen (secondary N) is 2. The molecule has 0 unspecified atom stereocenters. The standard InChI is InChI=1S/C17H15N3O4/c1-18-17(22)13-3-2-4-14(11-13)19-16(21)10-7-12-5-8-15(9-6-12)20(23)24/h2-11H,1H3,(H,18,22)(H,19,21)/b10-7+. The van der Waals surface area contributed by atoms with Gasteiger partial charge in [0.15, 0.2) is 0 Å². The quantitative estimate of drug-likeness (QED) is 0.501. The van der Waals surface area contributed by atoms with E-state index in [2.05, 4.69) is 10.6 Å². The first kappa shape index (κ1) is 16.9. The molecule has 0 atom stereocenters. The molecule has 2 rings (SSSR count). The molecule has 0 aliphatic carbocycles. The van der Waals surface area contributed by atoms with E-state index < -0.39 is 4.92 Å². The zero-order chi connectivity index (χ0) is 17.5. The molecule has 2 aromatic carbocycles. The van der Waals surface area contributed by atoms with E-state index in [1.165, 1.54) is 25.3 Å². The highest BCUT2D eigenvalue weighted by atomic mass is 16.6. The summed E-state index contributed by atoms with van der Waals surface area (Å²) >= 11 is 0. The molecule has 0 saturated heterocycles. The summed E-state index contributed by atoms with van der Waals surface area (Å²) in [5.74, 6) is -0.616. The second-order valence-electron chi connectivity index (χ2n) is 4.83. The molecule has 7 heteroatoms. The predicted molar refractivity (Wildman–Crippen MR) is 90.6 cm³/mol. The summed E-state index contributed by atoms with van der Waals surface area (Å²) in [5.41, 5.74) is 1.58. The number of nitro benzene ring substituents is 1. The van der Waals surface area contributed by atoms with Gasteiger partial charge in [-0.15, -0.1) is 0 Å². The van der Waals surface area contributed by atoms with Crippen LogP contribution in [0.1, 0.15) is 15.9 Å². The zero-order valence-corrected chi connectivity index (χ0v) is 12.9. The lowest BCUT2D eigenvalue weighted by Crippen LogP contribution is -2.18. The zero-order valence-electron chi connectivity index (χ0n) is 12.9. The van der Waals surface area contributed by atoms with E-state index in [4.69, 9.17) is 0 Å². The van der Waals surface area contributed by atoms with E-state index in [9.17, 15) is 19.7 Å². The molecule has 0 radical (unpaired) electrons. The van der Waals surface area contributed by atoms with Gasteiger partial charge in [-0.05, 0) is 42.0 Å². The number of nitro groups is 1. The van der Waals surface area contributed by atoms with Gasteiger partial charge in [0.2, 0.25) is 5.91 Å². The Labute approximate surface area is 138 Å². The van der Waals surface area contributed by atoms with Gasteiger partial charge in [0.05, 0.1) is 4.92 Å². The number of carbonyl (C=O) groups is 2. The molecule has 0 aliphatic rings. The van der Waals surface area contributed by atoms with Gasteiger partial charge in [0, 0.05) is 36.5 Å². The fourth-order valence-electron chi connectivity index (χ4n) is 1.95. The van der Waals surface area contributed by atoms with Gasteiger partial charge in [-0.1, -0.05) is 6.07 Å². The molecule has 0 aliphatic heterocycles. The van der Waals surface area contributed by atoms with Crippen LogP contribution >= 0.6 is 0 Å². The van der Waals surface area contributed by atoms with Crippen molar-refractivity contribution < 1.29 is 14.5 Å². The Balaban J connectivity index is 2.02. The third kappa shape index (κ3) is 4.51. The summed E-state index contributed by atoms with van der Waals surface area (Å²) in [6.07, 6.45) is 2.86. The Bertz CT molecular complexity index is 798. The van der Waals surface area contributed by atoms with Crippen LogP contribution in [0.15, 0.2) is 54.6 Å². The Morgan fingerprint density at radius 2 is 1.83 bits per heavy atom. The van der Waals surface area contributed by atoms with Crippen LogP contribution in [0.2, 0.25) is 0 Å². The number of rotatable bonds is 5. The number of non-ortho nitro benzene ring substituents is 1. The fraction of sp³-hybridized carbons (Fsp3) is 0.0588. The minimum absolute atomic E-state index is 0.0115. The molecule has 0 heterocycles. The molecular weight excluding hydrogens is 310 g/mol. The van der Waals surface area contributed by atoms with Crippen LogP contribution in [0.25, 0.3) is 6.08 Å². The second-order valence-corrected chi connectivity index (χ2v) is 4.83. The highest BCUT2D eigenvalue weighted by molar-refractivity contribution is 6.03. The van der Waals surface area contributed by atoms with Crippen molar-refractivity contribution in [2.75, 3.05) is 12.4 Å². The molecule has 0 fully saturated rings. The van der Waals surface area contributed by atoms with Crippen LogP contribution in [0, 0.1) is 10.1 Å². The van der Waals surface area contributed by atoms with Gasteiger partial charge in [0.1, 0.15) is 0 Å². The van der Waals surface area contributed by atoms with Crippen LogP contribution in [0.3, 0.4) is 0 Å². The van der Waals surface area contributed by atoms with E-state index in [1.807, 2.05) is 0 Å². The van der Waals surface area contributed by atoms with Crippen molar-refractivity contribution in [3.63, 3.8) is 0 Å². The number of amides is 2. The van der Waals surface area contributed by atoms with Crippen LogP contribution in [0.5, 0.6) is 0 Å². The van der Waals surface area contributed by atoms with Gasteiger partial charge in [-0.3, -0.25) is 19.7 Å². The number of nitrogens with zero attached hydrogens (tertiary/aromatic N) is 1. The van der Waals surface area contributed by atoms with Crippen LogP contribution in [-0.4, -0.2) is 23.8 Å². The van der Waals surface area contributed by atoms with Crippen LogP contribution in [0.4, 0.5) is 11.4 Å². The summed E-state index contributed by atoms with van der Waals surface area (Å²) in [6, 6.07) is 12.4. The van der Waals surface area contributed by atoms with Crippen molar-refractivity contribution >= 4 is 29.3 Å². The first-order chi connectivity index (χ1) is 11.5. The van der Waals surface area contributed by atoms with Crippen molar-refractivity contribution in [3.05, 3.63) is 75.8 Å². The van der Waals surface area contributed by atoms with Crippen molar-refractivity contribution in [1.82, 2.24) is 5.32 Å². The van der Waals surface area contributed by atoms with Crippen molar-refractivity contribution in [2.45, 2.75) is 0 Å². The Kier molecular flexibility index (Phi) is 5.40. The van der Waals surface area contributed by atoms with Gasteiger partial charge < -0.3 is 10.6 Å². The summed E-state index contributed by atoms with van der Waals surface area (Å²) in [5, 5.41) is 15.7. The number of carbonyl (C=O) groups excluding carboxylic acids is 2. The third-order valence-electron chi connectivity index (χ3n) is 3.15. The molecule has 122 valence electrons. The largest absolute Gasteiger partial charge is 0.355 e. The Hall–Kier alpha value is -3.48. The lowest BCUT2D eigenvalue weighted by molar-refractivity contribution is -0.384. The predicted octanol–water partition coefficient (Wildman–Crippen LogP) is 2.61. The Morgan fingerprint density at radius 3 is 2.46 bits per heavy atom. The molecule has 24 heavy (non-hydrogen) atoms. The average Bonchev–Trinajstić information content (AvgIpc) is 2.59. The highest BCUT2D eigenvalue weighted by Crippen LogP contribution is 2.14. The summed E-state index contributed by atoms with van der Waals surface area (Å²) in [4.78, 5) is 33.5. The second kappa shape index (κ2) is 7.68. The van der Waals surface area contributed by atoms with E-state index >= 15 is 0 Å². The normalized spacial score (nSPS) is 10.4. The molecule has 0 bridgehead atoms. The maximum absolute atomic E-state index is 11.9. The molecule has 2 aromatic rings. The number of hydrogen-bond acceptors (Lipinski definition) is 4. The van der Waals surface area contributed by atoms with Crippen molar-refractivity contribution in [1.29, 1.82) is 0 Å². The summed E-state index contributed by atoms with van der Waals surface area (Å²) in [7, 11) is 1.53. The first-order valence-corrected chi connectivity index (χ1v) is 7.05. The maximum atomic E-state index is 11.9. The topological polar surface area (TPSA) is 101 Å². The van der Waals surface area contributed by atoms with Gasteiger partial charge in [-0.25, -0.2) is 0 Å². The van der Waals surface area contributed by atoms with Gasteiger partial charge in [0.25, 0.3) is 11.6 Å². The Morgan fingerprint density at radius 1 is 1.12 bits per heavy atom. The number of anilines is 1. The van der Waals surface area contributed by atoms with Crippen LogP contribution in [-0.2, 0) is 4.79 Å². The monoisotopic (exact) mass is 325 g/mol. The van der Waals surface area contributed by atoms with Crippen molar-refractivity contribution in [2.24, 2.45) is 0 Å². The number of benzene rings is 2. The van der Waals surface area contributed by atoms with Crippen molar-refractivity contribution in [3.8, 4) is 0 Å². The molecule has 2 N–H and O–H groups in total. The molecule has 0 spiro atoms. The van der Waals surface area contributed by atoms with E-state index in [0.717, 1.165) is 0 Å². The van der Waals surface area contributed by atoms with E-state index in [-0.39, 0.29) is 17.5 Å². The lowest BCUT2D eigenvalue weighted by atomic mass is 10.2. The fourth-order valence-corrected chi connectivity index (χ4v) is 1.95. The minimum Gasteiger partial charge on any atom is -0.355 e. The van der Waals surface area contributed by atoms with E-state index in [1.54, 1.807) is 42.5 Å². The average molecular weight is 325 g/mol. The maximum Gasteiger partial charge on any atom is 0.269 e.